The molecule has 0 atom stereocenters. The van der Waals surface area contributed by atoms with Crippen molar-refractivity contribution in [2.45, 2.75) is 13.1 Å². The van der Waals surface area contributed by atoms with Crippen molar-refractivity contribution < 1.29 is 4.92 Å². The second kappa shape index (κ2) is 5.38. The van der Waals surface area contributed by atoms with E-state index in [-0.39, 0.29) is 10.6 Å². The van der Waals surface area contributed by atoms with Gasteiger partial charge in [0, 0.05) is 35.3 Å². The minimum atomic E-state index is -0.342. The molecule has 1 heterocycles. The number of nitro groups is 1. The molecule has 3 aromatic rings. The van der Waals surface area contributed by atoms with Gasteiger partial charge in [-0.1, -0.05) is 36.4 Å². The Kier molecular flexibility index (Phi) is 3.41. The number of hydrogen-bond acceptors (Lipinski definition) is 3. The molecule has 0 saturated carbocycles. The van der Waals surface area contributed by atoms with Crippen LogP contribution in [0.2, 0.25) is 0 Å². The third kappa shape index (κ3) is 2.39. The summed E-state index contributed by atoms with van der Waals surface area (Å²) in [5.74, 6) is 0. The van der Waals surface area contributed by atoms with Gasteiger partial charge in [-0.05, 0) is 11.6 Å². The largest absolute Gasteiger partial charge is 0.342 e. The van der Waals surface area contributed by atoms with Crippen molar-refractivity contribution in [3.05, 3.63) is 76.0 Å². The second-order valence-electron chi connectivity index (χ2n) is 4.89. The predicted molar refractivity (Wildman–Crippen MR) is 82.0 cm³/mol. The zero-order valence-electron chi connectivity index (χ0n) is 11.4. The van der Waals surface area contributed by atoms with E-state index in [9.17, 15) is 10.1 Å². The molecule has 2 aromatic carbocycles. The van der Waals surface area contributed by atoms with E-state index in [0.29, 0.717) is 18.7 Å². The SMILES string of the molecule is NCc1cn(Cc2ccccc2[N+](=O)[O-])c2ccccc12. The molecular weight excluding hydrogens is 266 g/mol. The van der Waals surface area contributed by atoms with Gasteiger partial charge in [0.15, 0.2) is 0 Å². The number of nitrogens with two attached hydrogens (primary N) is 1. The molecule has 0 aliphatic carbocycles. The average Bonchev–Trinajstić information content (AvgIpc) is 2.86. The predicted octanol–water partition coefficient (Wildman–Crippen LogP) is 3.06. The number of para-hydroxylation sites is 2. The minimum Gasteiger partial charge on any atom is -0.342 e. The van der Waals surface area contributed by atoms with Gasteiger partial charge in [0.25, 0.3) is 5.69 Å². The van der Waals surface area contributed by atoms with E-state index in [1.807, 2.05) is 41.1 Å². The molecule has 106 valence electrons. The van der Waals surface area contributed by atoms with Crippen molar-refractivity contribution in [1.82, 2.24) is 4.57 Å². The first-order chi connectivity index (χ1) is 10.2. The van der Waals surface area contributed by atoms with E-state index in [4.69, 9.17) is 5.73 Å². The van der Waals surface area contributed by atoms with Gasteiger partial charge in [0.2, 0.25) is 0 Å². The number of rotatable bonds is 4. The number of nitro benzene ring substituents is 1. The summed E-state index contributed by atoms with van der Waals surface area (Å²) >= 11 is 0. The van der Waals surface area contributed by atoms with Gasteiger partial charge in [-0.3, -0.25) is 10.1 Å². The lowest BCUT2D eigenvalue weighted by molar-refractivity contribution is -0.385. The Morgan fingerprint density at radius 2 is 1.76 bits per heavy atom. The number of nitrogens with zero attached hydrogens (tertiary/aromatic N) is 2. The molecule has 0 saturated heterocycles. The molecule has 0 unspecified atom stereocenters. The second-order valence-corrected chi connectivity index (χ2v) is 4.89. The zero-order valence-corrected chi connectivity index (χ0v) is 11.4. The highest BCUT2D eigenvalue weighted by Gasteiger charge is 2.14. The Morgan fingerprint density at radius 1 is 1.05 bits per heavy atom. The maximum absolute atomic E-state index is 11.1. The third-order valence-electron chi connectivity index (χ3n) is 3.62. The van der Waals surface area contributed by atoms with Gasteiger partial charge in [0.05, 0.1) is 11.5 Å². The molecule has 0 aliphatic heterocycles. The molecule has 0 radical (unpaired) electrons. The molecule has 5 heteroatoms. The first-order valence-corrected chi connectivity index (χ1v) is 6.70. The number of fused-ring (bicyclic) bond motifs is 1. The Morgan fingerprint density at radius 3 is 2.52 bits per heavy atom. The molecule has 5 nitrogen and oxygen atoms in total. The smallest absolute Gasteiger partial charge is 0.274 e. The van der Waals surface area contributed by atoms with E-state index < -0.39 is 0 Å². The lowest BCUT2D eigenvalue weighted by Crippen LogP contribution is -2.02. The molecule has 2 N–H and O–H groups in total. The van der Waals surface area contributed by atoms with Gasteiger partial charge < -0.3 is 10.3 Å². The molecule has 0 amide bonds. The first-order valence-electron chi connectivity index (χ1n) is 6.70. The minimum absolute atomic E-state index is 0.143. The lowest BCUT2D eigenvalue weighted by atomic mass is 10.1. The van der Waals surface area contributed by atoms with Gasteiger partial charge in [-0.15, -0.1) is 0 Å². The Hall–Kier alpha value is -2.66. The van der Waals surface area contributed by atoms with Gasteiger partial charge in [0.1, 0.15) is 0 Å². The quantitative estimate of drug-likeness (QED) is 0.590. The van der Waals surface area contributed by atoms with Crippen LogP contribution in [-0.4, -0.2) is 9.49 Å². The van der Waals surface area contributed by atoms with Crippen LogP contribution in [0.3, 0.4) is 0 Å². The summed E-state index contributed by atoms with van der Waals surface area (Å²) in [5, 5.41) is 12.2. The monoisotopic (exact) mass is 281 g/mol. The molecule has 0 aliphatic rings. The number of hydrogen-bond donors (Lipinski definition) is 1. The van der Waals surface area contributed by atoms with Crippen LogP contribution in [0.5, 0.6) is 0 Å². The van der Waals surface area contributed by atoms with E-state index in [1.165, 1.54) is 6.07 Å². The van der Waals surface area contributed by atoms with Crippen LogP contribution in [0.4, 0.5) is 5.69 Å². The topological polar surface area (TPSA) is 74.1 Å². The lowest BCUT2D eigenvalue weighted by Gasteiger charge is -2.06. The summed E-state index contributed by atoms with van der Waals surface area (Å²) in [4.78, 5) is 10.8. The molecule has 0 bridgehead atoms. The summed E-state index contributed by atoms with van der Waals surface area (Å²) in [6.07, 6.45) is 1.97. The highest BCUT2D eigenvalue weighted by molar-refractivity contribution is 5.84. The fourth-order valence-corrected chi connectivity index (χ4v) is 2.62. The Labute approximate surface area is 121 Å². The normalized spacial score (nSPS) is 10.9. The van der Waals surface area contributed by atoms with Crippen molar-refractivity contribution in [1.29, 1.82) is 0 Å². The van der Waals surface area contributed by atoms with E-state index >= 15 is 0 Å². The van der Waals surface area contributed by atoms with Crippen molar-refractivity contribution in [3.63, 3.8) is 0 Å². The van der Waals surface area contributed by atoms with Crippen molar-refractivity contribution in [2.24, 2.45) is 5.73 Å². The average molecular weight is 281 g/mol. The van der Waals surface area contributed by atoms with Crippen molar-refractivity contribution in [3.8, 4) is 0 Å². The fourth-order valence-electron chi connectivity index (χ4n) is 2.62. The first kappa shape index (κ1) is 13.3. The molecule has 0 fully saturated rings. The molecule has 3 rings (SSSR count). The summed E-state index contributed by atoms with van der Waals surface area (Å²) in [6, 6.07) is 14.8. The summed E-state index contributed by atoms with van der Waals surface area (Å²) in [7, 11) is 0. The standard InChI is InChI=1S/C16H15N3O2/c17-9-13-11-18(16-8-4-2-6-14(13)16)10-12-5-1-3-7-15(12)19(20)21/h1-8,11H,9-10,17H2. The maximum Gasteiger partial charge on any atom is 0.274 e. The summed E-state index contributed by atoms with van der Waals surface area (Å²) in [6.45, 7) is 0.905. The van der Waals surface area contributed by atoms with Crippen LogP contribution in [-0.2, 0) is 13.1 Å². The Balaban J connectivity index is 2.09. The highest BCUT2D eigenvalue weighted by Crippen LogP contribution is 2.24. The number of benzene rings is 2. The molecule has 1 aromatic heterocycles. The van der Waals surface area contributed by atoms with Crippen LogP contribution in [0.1, 0.15) is 11.1 Å². The van der Waals surface area contributed by atoms with E-state index in [0.717, 1.165) is 16.5 Å². The summed E-state index contributed by atoms with van der Waals surface area (Å²) in [5.41, 5.74) is 8.69. The number of aromatic nitrogens is 1. The van der Waals surface area contributed by atoms with Crippen LogP contribution >= 0.6 is 0 Å². The van der Waals surface area contributed by atoms with Crippen LogP contribution < -0.4 is 5.73 Å². The van der Waals surface area contributed by atoms with E-state index in [2.05, 4.69) is 0 Å². The van der Waals surface area contributed by atoms with Gasteiger partial charge >= 0.3 is 0 Å². The molecule has 21 heavy (non-hydrogen) atoms. The molecule has 0 spiro atoms. The summed E-state index contributed by atoms with van der Waals surface area (Å²) < 4.78 is 2.01. The van der Waals surface area contributed by atoms with E-state index in [1.54, 1.807) is 12.1 Å². The third-order valence-corrected chi connectivity index (χ3v) is 3.62. The van der Waals surface area contributed by atoms with Crippen LogP contribution in [0.15, 0.2) is 54.7 Å². The van der Waals surface area contributed by atoms with Gasteiger partial charge in [-0.25, -0.2) is 0 Å². The zero-order chi connectivity index (χ0) is 14.8. The Bertz CT molecular complexity index is 808. The van der Waals surface area contributed by atoms with Crippen LogP contribution in [0, 0.1) is 10.1 Å². The van der Waals surface area contributed by atoms with Crippen molar-refractivity contribution >= 4 is 16.6 Å². The highest BCUT2D eigenvalue weighted by atomic mass is 16.6. The fraction of sp³-hybridized carbons (Fsp3) is 0.125. The van der Waals surface area contributed by atoms with Gasteiger partial charge in [-0.2, -0.15) is 0 Å². The van der Waals surface area contributed by atoms with Crippen molar-refractivity contribution in [2.75, 3.05) is 0 Å². The molecular formula is C16H15N3O2. The maximum atomic E-state index is 11.1. The van der Waals surface area contributed by atoms with Crippen LogP contribution in [0.25, 0.3) is 10.9 Å².